The monoisotopic (exact) mass is 455 g/mol. The van der Waals surface area contributed by atoms with Crippen molar-refractivity contribution in [3.63, 3.8) is 0 Å². The van der Waals surface area contributed by atoms with Gasteiger partial charge in [0.1, 0.15) is 18.1 Å². The van der Waals surface area contributed by atoms with Gasteiger partial charge in [0.05, 0.1) is 22.6 Å². The van der Waals surface area contributed by atoms with E-state index in [0.717, 1.165) is 5.69 Å². The molecule has 0 atom stereocenters. The highest BCUT2D eigenvalue weighted by Gasteiger charge is 2.22. The lowest BCUT2D eigenvalue weighted by Gasteiger charge is -2.16. The van der Waals surface area contributed by atoms with Crippen molar-refractivity contribution in [1.29, 1.82) is 0 Å². The normalized spacial score (nSPS) is 11.2. The summed E-state index contributed by atoms with van der Waals surface area (Å²) < 4.78 is 46.5. The van der Waals surface area contributed by atoms with Crippen molar-refractivity contribution in [3.8, 4) is 28.3 Å². The number of nitrogens with one attached hydrogen (secondary N) is 1. The van der Waals surface area contributed by atoms with Gasteiger partial charge in [-0.3, -0.25) is 10.1 Å². The topological polar surface area (TPSA) is 115 Å². The number of H-pyrrole nitrogens is 1. The number of pyridine rings is 1. The SMILES string of the molecule is CCc1nn[nH]c1COc1nc(N)nc(-c2ccc(F)cc2)c1-c1cc(C)nc(C(F)F)c1. The number of alkyl halides is 2. The molecule has 3 aromatic heterocycles. The first-order valence-corrected chi connectivity index (χ1v) is 10.1. The second-order valence-electron chi connectivity index (χ2n) is 7.22. The van der Waals surface area contributed by atoms with Gasteiger partial charge in [0.15, 0.2) is 0 Å². The average molecular weight is 455 g/mol. The van der Waals surface area contributed by atoms with Crippen LogP contribution < -0.4 is 10.5 Å². The summed E-state index contributed by atoms with van der Waals surface area (Å²) in [6.07, 6.45) is -2.14. The third kappa shape index (κ3) is 4.76. The number of aromatic nitrogens is 6. The molecule has 33 heavy (non-hydrogen) atoms. The maximum Gasteiger partial charge on any atom is 0.280 e. The molecule has 8 nitrogen and oxygen atoms in total. The lowest BCUT2D eigenvalue weighted by atomic mass is 9.99. The molecule has 11 heteroatoms. The van der Waals surface area contributed by atoms with Crippen molar-refractivity contribution < 1.29 is 17.9 Å². The minimum atomic E-state index is -2.78. The molecule has 0 bridgehead atoms. The van der Waals surface area contributed by atoms with Crippen LogP contribution in [0.3, 0.4) is 0 Å². The van der Waals surface area contributed by atoms with Gasteiger partial charge in [-0.05, 0) is 55.3 Å². The smallest absolute Gasteiger partial charge is 0.280 e. The van der Waals surface area contributed by atoms with Crippen molar-refractivity contribution in [2.75, 3.05) is 5.73 Å². The lowest BCUT2D eigenvalue weighted by Crippen LogP contribution is -2.07. The van der Waals surface area contributed by atoms with Gasteiger partial charge in [0.2, 0.25) is 11.8 Å². The summed E-state index contributed by atoms with van der Waals surface area (Å²) in [5.74, 6) is -0.451. The summed E-state index contributed by atoms with van der Waals surface area (Å²) in [7, 11) is 0. The van der Waals surface area contributed by atoms with E-state index < -0.39 is 17.9 Å². The summed E-state index contributed by atoms with van der Waals surface area (Å²) >= 11 is 0. The van der Waals surface area contributed by atoms with Gasteiger partial charge < -0.3 is 10.5 Å². The number of benzene rings is 1. The zero-order valence-electron chi connectivity index (χ0n) is 17.8. The van der Waals surface area contributed by atoms with Gasteiger partial charge in [-0.25, -0.2) is 18.2 Å². The van der Waals surface area contributed by atoms with E-state index in [0.29, 0.717) is 40.2 Å². The molecule has 0 spiro atoms. The Morgan fingerprint density at radius 2 is 1.82 bits per heavy atom. The zero-order chi connectivity index (χ0) is 23.5. The molecule has 0 saturated heterocycles. The first-order chi connectivity index (χ1) is 15.9. The molecule has 3 heterocycles. The number of nitrogens with two attached hydrogens (primary N) is 1. The molecule has 1 aromatic carbocycles. The third-order valence-corrected chi connectivity index (χ3v) is 4.89. The van der Waals surface area contributed by atoms with Crippen LogP contribution in [0, 0.1) is 12.7 Å². The fourth-order valence-corrected chi connectivity index (χ4v) is 3.40. The molecule has 4 rings (SSSR count). The first kappa shape index (κ1) is 22.2. The van der Waals surface area contributed by atoms with Gasteiger partial charge in [-0.2, -0.15) is 4.98 Å². The van der Waals surface area contributed by atoms with E-state index in [1.807, 2.05) is 6.92 Å². The number of anilines is 1. The number of halogens is 3. The van der Waals surface area contributed by atoms with Crippen LogP contribution in [0.4, 0.5) is 19.1 Å². The quantitative estimate of drug-likeness (QED) is 0.423. The van der Waals surface area contributed by atoms with E-state index >= 15 is 0 Å². The Morgan fingerprint density at radius 1 is 1.06 bits per heavy atom. The van der Waals surface area contributed by atoms with Crippen molar-refractivity contribution in [2.45, 2.75) is 33.3 Å². The number of aryl methyl sites for hydroxylation is 2. The van der Waals surface area contributed by atoms with Gasteiger partial charge in [0, 0.05) is 11.3 Å². The first-order valence-electron chi connectivity index (χ1n) is 10.1. The summed E-state index contributed by atoms with van der Waals surface area (Å²) in [6.45, 7) is 3.57. The Kier molecular flexibility index (Phi) is 6.20. The van der Waals surface area contributed by atoms with Gasteiger partial charge in [-0.1, -0.05) is 12.1 Å². The molecule has 0 fully saturated rings. The standard InChI is InChI=1S/C22H20F3N7O/c1-3-15-17(31-32-30-15)10-33-21-18(13-8-11(2)27-16(9-13)20(24)25)19(28-22(26)29-21)12-4-6-14(23)7-5-12/h4-9,20H,3,10H2,1-2H3,(H2,26,28,29)(H,30,31,32). The molecule has 4 aromatic rings. The van der Waals surface area contributed by atoms with Crippen molar-refractivity contribution in [1.82, 2.24) is 30.4 Å². The fraction of sp³-hybridized carbons (Fsp3) is 0.227. The van der Waals surface area contributed by atoms with E-state index in [1.54, 1.807) is 13.0 Å². The van der Waals surface area contributed by atoms with Crippen molar-refractivity contribution >= 4 is 5.95 Å². The molecule has 3 N–H and O–H groups in total. The second kappa shape index (κ2) is 9.23. The largest absolute Gasteiger partial charge is 0.471 e. The number of hydrogen-bond acceptors (Lipinski definition) is 7. The van der Waals surface area contributed by atoms with Gasteiger partial charge in [-0.15, -0.1) is 5.10 Å². The Morgan fingerprint density at radius 3 is 2.52 bits per heavy atom. The number of hydrogen-bond donors (Lipinski definition) is 2. The Hall–Kier alpha value is -4.02. The summed E-state index contributed by atoms with van der Waals surface area (Å²) in [5.41, 5.74) is 8.80. The van der Waals surface area contributed by atoms with Crippen LogP contribution in [0.25, 0.3) is 22.4 Å². The maximum atomic E-state index is 13.5. The van der Waals surface area contributed by atoms with Crippen LogP contribution in [0.5, 0.6) is 5.88 Å². The minimum absolute atomic E-state index is 0.0360. The molecule has 0 radical (unpaired) electrons. The fourth-order valence-electron chi connectivity index (χ4n) is 3.40. The Balaban J connectivity index is 1.89. The highest BCUT2D eigenvalue weighted by atomic mass is 19.3. The zero-order valence-corrected chi connectivity index (χ0v) is 17.8. The van der Waals surface area contributed by atoms with Crippen molar-refractivity contribution in [2.24, 2.45) is 0 Å². The summed E-state index contributed by atoms with van der Waals surface area (Å²) in [5, 5.41) is 10.5. The molecular weight excluding hydrogens is 435 g/mol. The van der Waals surface area contributed by atoms with Gasteiger partial charge >= 0.3 is 0 Å². The predicted molar refractivity (Wildman–Crippen MR) is 115 cm³/mol. The van der Waals surface area contributed by atoms with Crippen LogP contribution in [-0.4, -0.2) is 30.4 Å². The number of ether oxygens (including phenoxy) is 1. The molecule has 0 aliphatic heterocycles. The molecule has 0 aliphatic carbocycles. The van der Waals surface area contributed by atoms with E-state index in [2.05, 4.69) is 30.4 Å². The van der Waals surface area contributed by atoms with Crippen LogP contribution >= 0.6 is 0 Å². The minimum Gasteiger partial charge on any atom is -0.471 e. The van der Waals surface area contributed by atoms with Crippen LogP contribution in [-0.2, 0) is 13.0 Å². The number of aromatic amines is 1. The average Bonchev–Trinajstić information content (AvgIpc) is 3.25. The second-order valence-corrected chi connectivity index (χ2v) is 7.22. The molecule has 170 valence electrons. The number of nitrogens with zero attached hydrogens (tertiary/aromatic N) is 5. The lowest BCUT2D eigenvalue weighted by molar-refractivity contribution is 0.146. The summed E-state index contributed by atoms with van der Waals surface area (Å²) in [4.78, 5) is 12.4. The van der Waals surface area contributed by atoms with E-state index in [4.69, 9.17) is 10.5 Å². The Labute approximate surface area is 187 Å². The number of rotatable bonds is 7. The van der Waals surface area contributed by atoms with Crippen LogP contribution in [0.15, 0.2) is 36.4 Å². The van der Waals surface area contributed by atoms with Crippen LogP contribution in [0.2, 0.25) is 0 Å². The highest BCUT2D eigenvalue weighted by molar-refractivity contribution is 5.85. The maximum absolute atomic E-state index is 13.5. The highest BCUT2D eigenvalue weighted by Crippen LogP contribution is 2.39. The number of nitrogen functional groups attached to an aromatic ring is 1. The molecule has 0 unspecified atom stereocenters. The molecular formula is C22H20F3N7O. The third-order valence-electron chi connectivity index (χ3n) is 4.89. The van der Waals surface area contributed by atoms with Gasteiger partial charge in [0.25, 0.3) is 6.43 Å². The van der Waals surface area contributed by atoms with Crippen molar-refractivity contribution in [3.05, 3.63) is 65.0 Å². The molecule has 0 amide bonds. The Bertz CT molecular complexity index is 1280. The molecule has 0 saturated carbocycles. The predicted octanol–water partition coefficient (Wildman–Crippen LogP) is 4.43. The molecule has 0 aliphatic rings. The van der Waals surface area contributed by atoms with Crippen LogP contribution in [0.1, 0.15) is 36.1 Å². The van der Waals surface area contributed by atoms with E-state index in [9.17, 15) is 13.2 Å². The van der Waals surface area contributed by atoms with E-state index in [-0.39, 0.29) is 18.4 Å². The van der Waals surface area contributed by atoms with E-state index in [1.165, 1.54) is 30.3 Å². The summed E-state index contributed by atoms with van der Waals surface area (Å²) in [6, 6.07) is 8.44.